The number of carbonyl (C=O) groups is 2. The number of benzene rings is 4. The number of ketones is 2. The SMILES string of the molecule is CCc1ccc(C(=O)c2ccc(C)cc2)cc1.Cc1ccc(C(=O)c2ccc(C)cc2)cc1. The predicted octanol–water partition coefficient (Wildman–Crippen LogP) is 7.32. The number of aryl methyl sites for hydroxylation is 4. The molecule has 0 bridgehead atoms. The van der Waals surface area contributed by atoms with Gasteiger partial charge >= 0.3 is 0 Å². The van der Waals surface area contributed by atoms with Crippen LogP contribution in [0.25, 0.3) is 0 Å². The quantitative estimate of drug-likeness (QED) is 0.308. The first kappa shape index (κ1) is 23.9. The van der Waals surface area contributed by atoms with Gasteiger partial charge in [-0.25, -0.2) is 0 Å². The lowest BCUT2D eigenvalue weighted by Gasteiger charge is -2.03. The Hall–Kier alpha value is -3.78. The standard InChI is InChI=1S/C16H16O.C15H14O/c1-3-13-6-10-15(11-7-13)16(17)14-8-4-12(2)5-9-14;1-11-3-7-13(8-4-11)15(16)14-9-5-12(2)6-10-14/h4-11H,3H2,1-2H3;3-10H,1-2H3. The monoisotopic (exact) mass is 434 g/mol. The fourth-order valence-electron chi connectivity index (χ4n) is 3.34. The maximum absolute atomic E-state index is 12.2. The number of carbonyl (C=O) groups excluding carboxylic acids is 2. The molecule has 0 N–H and O–H groups in total. The van der Waals surface area contributed by atoms with Crippen LogP contribution in [-0.2, 0) is 6.42 Å². The van der Waals surface area contributed by atoms with E-state index in [1.54, 1.807) is 0 Å². The van der Waals surface area contributed by atoms with Crippen molar-refractivity contribution in [2.45, 2.75) is 34.1 Å². The van der Waals surface area contributed by atoms with Crippen molar-refractivity contribution in [1.29, 1.82) is 0 Å². The Labute approximate surface area is 196 Å². The second-order valence-corrected chi connectivity index (χ2v) is 8.31. The van der Waals surface area contributed by atoms with Gasteiger partial charge in [0.25, 0.3) is 0 Å². The third kappa shape index (κ3) is 6.60. The van der Waals surface area contributed by atoms with Crippen LogP contribution in [0.1, 0.15) is 61.0 Å². The molecule has 0 spiro atoms. The molecule has 4 aromatic rings. The molecule has 4 rings (SSSR count). The molecular formula is C31H30O2. The maximum atomic E-state index is 12.2. The molecule has 0 radical (unpaired) electrons. The van der Waals surface area contributed by atoms with E-state index in [2.05, 4.69) is 6.92 Å². The van der Waals surface area contributed by atoms with E-state index in [1.807, 2.05) is 118 Å². The second kappa shape index (κ2) is 11.2. The smallest absolute Gasteiger partial charge is 0.193 e. The van der Waals surface area contributed by atoms with Gasteiger partial charge in [0.15, 0.2) is 11.6 Å². The van der Waals surface area contributed by atoms with Gasteiger partial charge in [-0.2, -0.15) is 0 Å². The van der Waals surface area contributed by atoms with Crippen molar-refractivity contribution in [2.75, 3.05) is 0 Å². The Bertz CT molecular complexity index is 1150. The average Bonchev–Trinajstić information content (AvgIpc) is 2.85. The van der Waals surface area contributed by atoms with E-state index in [-0.39, 0.29) is 11.6 Å². The molecule has 0 saturated heterocycles. The van der Waals surface area contributed by atoms with Crippen molar-refractivity contribution in [3.63, 3.8) is 0 Å². The Balaban J connectivity index is 0.000000186. The lowest BCUT2D eigenvalue weighted by Crippen LogP contribution is -2.01. The molecule has 0 saturated carbocycles. The van der Waals surface area contributed by atoms with E-state index < -0.39 is 0 Å². The molecule has 0 heterocycles. The minimum absolute atomic E-state index is 0.0833. The van der Waals surface area contributed by atoms with Gasteiger partial charge in [0, 0.05) is 22.3 Å². The van der Waals surface area contributed by atoms with Gasteiger partial charge in [0.1, 0.15) is 0 Å². The first-order valence-corrected chi connectivity index (χ1v) is 11.3. The van der Waals surface area contributed by atoms with Crippen LogP contribution in [0.5, 0.6) is 0 Å². The molecule has 33 heavy (non-hydrogen) atoms. The highest BCUT2D eigenvalue weighted by Crippen LogP contribution is 2.13. The molecule has 0 aliphatic heterocycles. The van der Waals surface area contributed by atoms with Crippen molar-refractivity contribution >= 4 is 11.6 Å². The summed E-state index contributed by atoms with van der Waals surface area (Å²) in [7, 11) is 0. The minimum atomic E-state index is 0.0833. The molecular weight excluding hydrogens is 404 g/mol. The van der Waals surface area contributed by atoms with Crippen molar-refractivity contribution < 1.29 is 9.59 Å². The Morgan fingerprint density at radius 2 is 0.697 bits per heavy atom. The predicted molar refractivity (Wildman–Crippen MR) is 136 cm³/mol. The highest BCUT2D eigenvalue weighted by molar-refractivity contribution is 6.09. The summed E-state index contributed by atoms with van der Waals surface area (Å²) in [5.74, 6) is 0.174. The van der Waals surface area contributed by atoms with Gasteiger partial charge in [-0.3, -0.25) is 9.59 Å². The van der Waals surface area contributed by atoms with Crippen molar-refractivity contribution in [2.24, 2.45) is 0 Å². The van der Waals surface area contributed by atoms with Crippen LogP contribution in [0.4, 0.5) is 0 Å². The second-order valence-electron chi connectivity index (χ2n) is 8.31. The van der Waals surface area contributed by atoms with Crippen LogP contribution >= 0.6 is 0 Å². The van der Waals surface area contributed by atoms with Crippen molar-refractivity contribution in [3.05, 3.63) is 142 Å². The van der Waals surface area contributed by atoms with Crippen molar-refractivity contribution in [1.82, 2.24) is 0 Å². The number of hydrogen-bond donors (Lipinski definition) is 0. The van der Waals surface area contributed by atoms with E-state index >= 15 is 0 Å². The van der Waals surface area contributed by atoms with E-state index in [0.29, 0.717) is 0 Å². The van der Waals surface area contributed by atoms with Crippen LogP contribution in [0.15, 0.2) is 97.1 Å². The molecule has 4 aromatic carbocycles. The van der Waals surface area contributed by atoms with Gasteiger partial charge in [-0.1, -0.05) is 121 Å². The zero-order valence-electron chi connectivity index (χ0n) is 19.8. The molecule has 0 amide bonds. The highest BCUT2D eigenvalue weighted by Gasteiger charge is 2.08. The van der Waals surface area contributed by atoms with Gasteiger partial charge in [0.05, 0.1) is 0 Å². The Kier molecular flexibility index (Phi) is 8.10. The largest absolute Gasteiger partial charge is 0.289 e. The highest BCUT2D eigenvalue weighted by atomic mass is 16.1. The third-order valence-corrected chi connectivity index (χ3v) is 5.57. The molecule has 2 nitrogen and oxygen atoms in total. The first-order chi connectivity index (χ1) is 15.9. The van der Waals surface area contributed by atoms with E-state index in [0.717, 1.165) is 28.7 Å². The van der Waals surface area contributed by atoms with Crippen LogP contribution in [0.3, 0.4) is 0 Å². The normalized spacial score (nSPS) is 10.2. The lowest BCUT2D eigenvalue weighted by atomic mass is 10.0. The summed E-state index contributed by atoms with van der Waals surface area (Å²) >= 11 is 0. The van der Waals surface area contributed by atoms with E-state index in [1.165, 1.54) is 22.3 Å². The summed E-state index contributed by atoms with van der Waals surface area (Å²) in [4.78, 5) is 24.2. The fourth-order valence-corrected chi connectivity index (χ4v) is 3.34. The van der Waals surface area contributed by atoms with E-state index in [4.69, 9.17) is 0 Å². The van der Waals surface area contributed by atoms with Crippen LogP contribution in [0, 0.1) is 20.8 Å². The zero-order chi connectivity index (χ0) is 23.8. The lowest BCUT2D eigenvalue weighted by molar-refractivity contribution is 0.103. The first-order valence-electron chi connectivity index (χ1n) is 11.3. The fraction of sp³-hybridized carbons (Fsp3) is 0.161. The summed E-state index contributed by atoms with van der Waals surface area (Å²) in [5.41, 5.74) is 7.75. The summed E-state index contributed by atoms with van der Waals surface area (Å²) in [5, 5.41) is 0. The van der Waals surface area contributed by atoms with Crippen LogP contribution in [0.2, 0.25) is 0 Å². The average molecular weight is 435 g/mol. The van der Waals surface area contributed by atoms with Gasteiger partial charge in [-0.05, 0) is 32.8 Å². The summed E-state index contributed by atoms with van der Waals surface area (Å²) in [6.45, 7) is 8.15. The molecule has 0 atom stereocenters. The number of hydrogen-bond acceptors (Lipinski definition) is 2. The molecule has 2 heteroatoms. The van der Waals surface area contributed by atoms with Gasteiger partial charge < -0.3 is 0 Å². The molecule has 166 valence electrons. The summed E-state index contributed by atoms with van der Waals surface area (Å²) in [6, 6.07) is 30.9. The molecule has 0 fully saturated rings. The van der Waals surface area contributed by atoms with Crippen LogP contribution < -0.4 is 0 Å². The maximum Gasteiger partial charge on any atom is 0.193 e. The van der Waals surface area contributed by atoms with Crippen LogP contribution in [-0.4, -0.2) is 11.6 Å². The topological polar surface area (TPSA) is 34.1 Å². The Morgan fingerprint density at radius 3 is 0.939 bits per heavy atom. The minimum Gasteiger partial charge on any atom is -0.289 e. The molecule has 0 unspecified atom stereocenters. The van der Waals surface area contributed by atoms with Crippen molar-refractivity contribution in [3.8, 4) is 0 Å². The summed E-state index contributed by atoms with van der Waals surface area (Å²) in [6.07, 6.45) is 0.999. The Morgan fingerprint density at radius 1 is 0.455 bits per heavy atom. The summed E-state index contributed by atoms with van der Waals surface area (Å²) < 4.78 is 0. The molecule has 0 aromatic heterocycles. The third-order valence-electron chi connectivity index (χ3n) is 5.57. The van der Waals surface area contributed by atoms with E-state index in [9.17, 15) is 9.59 Å². The van der Waals surface area contributed by atoms with Gasteiger partial charge in [0.2, 0.25) is 0 Å². The molecule has 0 aliphatic carbocycles. The van der Waals surface area contributed by atoms with Gasteiger partial charge in [-0.15, -0.1) is 0 Å². The zero-order valence-corrected chi connectivity index (χ0v) is 19.8. The number of rotatable bonds is 5. The molecule has 0 aliphatic rings.